The summed E-state index contributed by atoms with van der Waals surface area (Å²) in [6, 6.07) is 4.41. The zero-order valence-corrected chi connectivity index (χ0v) is 10.1. The predicted octanol–water partition coefficient (Wildman–Crippen LogP) is -0.288. The van der Waals surface area contributed by atoms with Crippen molar-refractivity contribution in [3.63, 3.8) is 0 Å². The molecule has 18 heavy (non-hydrogen) atoms. The van der Waals surface area contributed by atoms with E-state index in [1.165, 1.54) is 17.0 Å². The Morgan fingerprint density at radius 3 is 2.72 bits per heavy atom. The highest BCUT2D eigenvalue weighted by Gasteiger charge is 2.40. The van der Waals surface area contributed by atoms with Crippen LogP contribution in [-0.4, -0.2) is 34.8 Å². The van der Waals surface area contributed by atoms with Crippen LogP contribution in [0.1, 0.15) is 23.8 Å². The highest BCUT2D eigenvalue weighted by Crippen LogP contribution is 2.29. The molecule has 0 aromatic carbocycles. The van der Waals surface area contributed by atoms with Gasteiger partial charge in [-0.05, 0) is 19.4 Å². The fraction of sp³-hybridized carbons (Fsp3) is 0.417. The fourth-order valence-electron chi connectivity index (χ4n) is 2.08. The number of aromatic amines is 1. The zero-order chi connectivity index (χ0) is 13.3. The lowest BCUT2D eigenvalue weighted by Gasteiger charge is -2.20. The summed E-state index contributed by atoms with van der Waals surface area (Å²) in [6.45, 7) is 2.50. The molecule has 2 amide bonds. The number of nitrogens with zero attached hydrogens (tertiary/aromatic N) is 1. The summed E-state index contributed by atoms with van der Waals surface area (Å²) in [5.74, 6) is -0.683. The average molecular weight is 249 g/mol. The van der Waals surface area contributed by atoms with E-state index >= 15 is 0 Å². The SMILES string of the molecule is CC1(C(N)=O)CCN(C(=O)c2cccc(=O)[nH]2)C1. The maximum absolute atomic E-state index is 12.1. The molecule has 96 valence electrons. The van der Waals surface area contributed by atoms with Gasteiger partial charge >= 0.3 is 0 Å². The third-order valence-electron chi connectivity index (χ3n) is 3.35. The Kier molecular flexibility index (Phi) is 2.94. The second kappa shape index (κ2) is 4.29. The van der Waals surface area contributed by atoms with Crippen LogP contribution in [-0.2, 0) is 4.79 Å². The number of carbonyl (C=O) groups is 2. The second-order valence-electron chi connectivity index (χ2n) is 4.83. The molecule has 1 aliphatic heterocycles. The van der Waals surface area contributed by atoms with Crippen molar-refractivity contribution in [3.8, 4) is 0 Å². The number of carbonyl (C=O) groups excluding carboxylic acids is 2. The number of aromatic nitrogens is 1. The van der Waals surface area contributed by atoms with Crippen molar-refractivity contribution in [2.24, 2.45) is 11.1 Å². The molecule has 1 aromatic heterocycles. The number of rotatable bonds is 2. The van der Waals surface area contributed by atoms with Gasteiger partial charge < -0.3 is 15.6 Å². The second-order valence-corrected chi connectivity index (χ2v) is 4.83. The van der Waals surface area contributed by atoms with Crippen molar-refractivity contribution >= 4 is 11.8 Å². The maximum Gasteiger partial charge on any atom is 0.270 e. The molecule has 1 unspecified atom stereocenters. The van der Waals surface area contributed by atoms with E-state index in [4.69, 9.17) is 5.73 Å². The zero-order valence-electron chi connectivity index (χ0n) is 10.1. The highest BCUT2D eigenvalue weighted by atomic mass is 16.2. The first-order valence-corrected chi connectivity index (χ1v) is 5.71. The van der Waals surface area contributed by atoms with E-state index in [-0.39, 0.29) is 23.7 Å². The van der Waals surface area contributed by atoms with E-state index in [1.807, 2.05) is 0 Å². The molecule has 0 bridgehead atoms. The Labute approximate surface area is 104 Å². The summed E-state index contributed by atoms with van der Waals surface area (Å²) < 4.78 is 0. The van der Waals surface area contributed by atoms with Crippen LogP contribution in [0.2, 0.25) is 0 Å². The number of nitrogens with one attached hydrogen (secondary N) is 1. The number of hydrogen-bond acceptors (Lipinski definition) is 3. The summed E-state index contributed by atoms with van der Waals surface area (Å²) in [5, 5.41) is 0. The standard InChI is InChI=1S/C12H15N3O3/c1-12(11(13)18)5-6-15(7-12)10(17)8-3-2-4-9(16)14-8/h2-4H,5-7H2,1H3,(H2,13,18)(H,14,16). The maximum atomic E-state index is 12.1. The van der Waals surface area contributed by atoms with Gasteiger partial charge in [-0.15, -0.1) is 0 Å². The number of nitrogens with two attached hydrogens (primary N) is 1. The Hall–Kier alpha value is -2.11. The number of pyridine rings is 1. The molecular formula is C12H15N3O3. The molecule has 2 heterocycles. The van der Waals surface area contributed by atoms with E-state index in [1.54, 1.807) is 13.0 Å². The van der Waals surface area contributed by atoms with E-state index < -0.39 is 11.3 Å². The summed E-state index contributed by atoms with van der Waals surface area (Å²) in [7, 11) is 0. The van der Waals surface area contributed by atoms with E-state index in [2.05, 4.69) is 4.98 Å². The first-order valence-electron chi connectivity index (χ1n) is 5.71. The van der Waals surface area contributed by atoms with Crippen molar-refractivity contribution < 1.29 is 9.59 Å². The molecule has 6 heteroatoms. The quantitative estimate of drug-likeness (QED) is 0.754. The lowest BCUT2D eigenvalue weighted by molar-refractivity contribution is -0.126. The van der Waals surface area contributed by atoms with Crippen LogP contribution in [0.15, 0.2) is 23.0 Å². The van der Waals surface area contributed by atoms with Crippen molar-refractivity contribution in [3.05, 3.63) is 34.2 Å². The Bertz CT molecular complexity index is 551. The minimum atomic E-state index is -0.676. The Balaban J connectivity index is 2.18. The van der Waals surface area contributed by atoms with Crippen molar-refractivity contribution in [2.75, 3.05) is 13.1 Å². The number of primary amides is 1. The number of likely N-dealkylation sites (tertiary alicyclic amines) is 1. The molecule has 0 spiro atoms. The minimum absolute atomic E-state index is 0.233. The molecule has 2 rings (SSSR count). The summed E-state index contributed by atoms with van der Waals surface area (Å²) in [6.07, 6.45) is 0.547. The predicted molar refractivity (Wildman–Crippen MR) is 64.9 cm³/mol. The molecule has 0 aliphatic carbocycles. The lowest BCUT2D eigenvalue weighted by atomic mass is 9.89. The van der Waals surface area contributed by atoms with E-state index in [0.29, 0.717) is 13.0 Å². The molecule has 1 aliphatic rings. The van der Waals surface area contributed by atoms with E-state index in [9.17, 15) is 14.4 Å². The lowest BCUT2D eigenvalue weighted by Crippen LogP contribution is -2.39. The van der Waals surface area contributed by atoms with Gasteiger partial charge in [-0.25, -0.2) is 0 Å². The monoisotopic (exact) mass is 249 g/mol. The van der Waals surface area contributed by atoms with Gasteiger partial charge in [-0.3, -0.25) is 14.4 Å². The summed E-state index contributed by atoms with van der Waals surface area (Å²) in [5.41, 5.74) is 4.56. The smallest absolute Gasteiger partial charge is 0.270 e. The van der Waals surface area contributed by atoms with Gasteiger partial charge in [0.25, 0.3) is 5.91 Å². The molecular weight excluding hydrogens is 234 g/mol. The Morgan fingerprint density at radius 2 is 2.17 bits per heavy atom. The van der Waals surface area contributed by atoms with Gasteiger partial charge in [-0.2, -0.15) is 0 Å². The molecule has 1 aromatic rings. The number of amides is 2. The molecule has 3 N–H and O–H groups in total. The van der Waals surface area contributed by atoms with Gasteiger partial charge in [0.1, 0.15) is 5.69 Å². The third kappa shape index (κ3) is 2.13. The van der Waals surface area contributed by atoms with Crippen molar-refractivity contribution in [1.82, 2.24) is 9.88 Å². The van der Waals surface area contributed by atoms with Crippen LogP contribution in [0.25, 0.3) is 0 Å². The normalized spacial score (nSPS) is 23.1. The topological polar surface area (TPSA) is 96.3 Å². The van der Waals surface area contributed by atoms with Gasteiger partial charge in [0.15, 0.2) is 0 Å². The third-order valence-corrected chi connectivity index (χ3v) is 3.35. The van der Waals surface area contributed by atoms with Crippen LogP contribution in [0, 0.1) is 5.41 Å². The Morgan fingerprint density at radius 1 is 1.44 bits per heavy atom. The molecule has 0 radical (unpaired) electrons. The van der Waals surface area contributed by atoms with Crippen LogP contribution in [0.3, 0.4) is 0 Å². The van der Waals surface area contributed by atoms with E-state index in [0.717, 1.165) is 0 Å². The van der Waals surface area contributed by atoms with Crippen LogP contribution in [0.5, 0.6) is 0 Å². The largest absolute Gasteiger partial charge is 0.369 e. The minimum Gasteiger partial charge on any atom is -0.369 e. The summed E-state index contributed by atoms with van der Waals surface area (Å²) in [4.78, 5) is 38.6. The highest BCUT2D eigenvalue weighted by molar-refractivity contribution is 5.93. The molecule has 1 fully saturated rings. The van der Waals surface area contributed by atoms with Crippen LogP contribution < -0.4 is 11.3 Å². The van der Waals surface area contributed by atoms with Gasteiger partial charge in [0.05, 0.1) is 5.41 Å². The van der Waals surface area contributed by atoms with Crippen LogP contribution in [0.4, 0.5) is 0 Å². The molecule has 6 nitrogen and oxygen atoms in total. The first-order chi connectivity index (χ1) is 8.42. The van der Waals surface area contributed by atoms with Gasteiger partial charge in [0, 0.05) is 19.2 Å². The molecule has 1 atom stereocenters. The first kappa shape index (κ1) is 12.3. The summed E-state index contributed by atoms with van der Waals surface area (Å²) >= 11 is 0. The average Bonchev–Trinajstić information content (AvgIpc) is 2.72. The molecule has 0 saturated carbocycles. The van der Waals surface area contributed by atoms with Crippen LogP contribution >= 0.6 is 0 Å². The number of H-pyrrole nitrogens is 1. The number of hydrogen-bond donors (Lipinski definition) is 2. The van der Waals surface area contributed by atoms with Gasteiger partial charge in [-0.1, -0.05) is 6.07 Å². The van der Waals surface area contributed by atoms with Crippen molar-refractivity contribution in [1.29, 1.82) is 0 Å². The van der Waals surface area contributed by atoms with Crippen molar-refractivity contribution in [2.45, 2.75) is 13.3 Å². The fourth-order valence-corrected chi connectivity index (χ4v) is 2.08. The van der Waals surface area contributed by atoms with Gasteiger partial charge in [0.2, 0.25) is 11.5 Å². The molecule has 1 saturated heterocycles.